The largest absolute Gasteiger partial charge is 0.480 e. The molecule has 0 heterocycles. The van der Waals surface area contributed by atoms with Crippen LogP contribution in [0.2, 0.25) is 0 Å². The van der Waals surface area contributed by atoms with Gasteiger partial charge in [0.15, 0.2) is 0 Å². The van der Waals surface area contributed by atoms with Gasteiger partial charge in [0.2, 0.25) is 0 Å². The average Bonchev–Trinajstić information content (AvgIpc) is 2.57. The molecule has 0 bridgehead atoms. The molecule has 1 atom stereocenters. The number of hydrogen-bond acceptors (Lipinski definition) is 4. The zero-order chi connectivity index (χ0) is 19.3. The molecule has 0 spiro atoms. The van der Waals surface area contributed by atoms with Gasteiger partial charge in [-0.25, -0.2) is 4.79 Å². The molecule has 0 aliphatic heterocycles. The third-order valence-corrected chi connectivity index (χ3v) is 4.78. The molecule has 7 nitrogen and oxygen atoms in total. The van der Waals surface area contributed by atoms with Crippen LogP contribution >= 0.6 is 0 Å². The van der Waals surface area contributed by atoms with Gasteiger partial charge < -0.3 is 10.4 Å². The lowest BCUT2D eigenvalue weighted by Crippen LogP contribution is -2.45. The van der Waals surface area contributed by atoms with Crippen LogP contribution in [0.3, 0.4) is 0 Å². The molecule has 0 aromatic heterocycles. The summed E-state index contributed by atoms with van der Waals surface area (Å²) in [5.74, 6) is -3.31. The first-order chi connectivity index (χ1) is 12.2. The van der Waals surface area contributed by atoms with Crippen molar-refractivity contribution in [3.63, 3.8) is 0 Å². The Hall–Kier alpha value is -2.45. The van der Waals surface area contributed by atoms with E-state index in [2.05, 4.69) is 5.32 Å². The highest BCUT2D eigenvalue weighted by molar-refractivity contribution is 7.85. The van der Waals surface area contributed by atoms with E-state index in [1.54, 1.807) is 12.1 Å². The van der Waals surface area contributed by atoms with Crippen molar-refractivity contribution in [2.45, 2.75) is 32.2 Å². The molecule has 3 N–H and O–H groups in total. The van der Waals surface area contributed by atoms with Crippen LogP contribution in [0, 0.1) is 0 Å². The number of aliphatic carboxylic acids is 1. The number of amides is 1. The lowest BCUT2D eigenvalue weighted by molar-refractivity contribution is -0.138. The van der Waals surface area contributed by atoms with Gasteiger partial charge in [-0.15, -0.1) is 0 Å². The summed E-state index contributed by atoms with van der Waals surface area (Å²) in [5.41, 5.74) is 1.09. The molecule has 0 saturated heterocycles. The van der Waals surface area contributed by atoms with E-state index < -0.39 is 33.8 Å². The van der Waals surface area contributed by atoms with Gasteiger partial charge in [0, 0.05) is 0 Å². The molecule has 1 amide bonds. The van der Waals surface area contributed by atoms with E-state index >= 15 is 0 Å². The highest BCUT2D eigenvalue weighted by Gasteiger charge is 2.27. The van der Waals surface area contributed by atoms with Crippen LogP contribution in [0.25, 0.3) is 10.8 Å². The molecule has 2 aromatic carbocycles. The van der Waals surface area contributed by atoms with Crippen molar-refractivity contribution in [1.82, 2.24) is 5.32 Å². The van der Waals surface area contributed by atoms with E-state index in [0.29, 0.717) is 17.4 Å². The molecule has 1 unspecified atom stereocenters. The van der Waals surface area contributed by atoms with Crippen LogP contribution in [0.5, 0.6) is 0 Å². The minimum atomic E-state index is -4.56. The summed E-state index contributed by atoms with van der Waals surface area (Å²) in [5, 5.41) is 12.9. The van der Waals surface area contributed by atoms with Crippen molar-refractivity contribution in [2.24, 2.45) is 0 Å². The average molecular weight is 379 g/mol. The smallest absolute Gasteiger partial charge is 0.327 e. The molecule has 0 saturated carbocycles. The Labute approximate surface area is 151 Å². The summed E-state index contributed by atoms with van der Waals surface area (Å²) in [7, 11) is -4.56. The normalized spacial score (nSPS) is 12.7. The number of carbonyl (C=O) groups excluding carboxylic acids is 1. The second-order valence-electron chi connectivity index (χ2n) is 6.04. The molecule has 2 rings (SSSR count). The maximum absolute atomic E-state index is 12.8. The van der Waals surface area contributed by atoms with Crippen LogP contribution in [0.15, 0.2) is 36.4 Å². The first-order valence-electron chi connectivity index (χ1n) is 8.22. The molecular formula is C18H21NO6S. The van der Waals surface area contributed by atoms with Crippen molar-refractivity contribution < 1.29 is 27.7 Å². The van der Waals surface area contributed by atoms with Gasteiger partial charge in [-0.3, -0.25) is 9.35 Å². The Bertz CT molecular complexity index is 922. The van der Waals surface area contributed by atoms with Gasteiger partial charge in [0.1, 0.15) is 11.8 Å². The molecule has 26 heavy (non-hydrogen) atoms. The Morgan fingerprint density at radius 2 is 1.85 bits per heavy atom. The van der Waals surface area contributed by atoms with Crippen LogP contribution in [-0.2, 0) is 21.3 Å². The number of aryl methyl sites for hydroxylation is 1. The minimum absolute atomic E-state index is 0.332. The molecule has 8 heteroatoms. The first kappa shape index (κ1) is 19.9. The number of nitrogens with one attached hydrogen (secondary N) is 1. The standard InChI is InChI=1S/C18H21NO6S/c1-2-3-6-13-10-9-12-7-4-5-8-14(12)16(13)17(20)19-15(18(21)22)11-26(23,24)25/h4-5,7-10,15H,2-3,6,11H2,1H3,(H,19,20)(H,21,22)(H,23,24,25). The number of benzene rings is 2. The van der Waals surface area contributed by atoms with Crippen LogP contribution in [0.4, 0.5) is 0 Å². The van der Waals surface area contributed by atoms with Crippen molar-refractivity contribution in [1.29, 1.82) is 0 Å². The van der Waals surface area contributed by atoms with Crippen molar-refractivity contribution in [3.05, 3.63) is 47.5 Å². The first-order valence-corrected chi connectivity index (χ1v) is 9.83. The SMILES string of the molecule is CCCCc1ccc2ccccc2c1C(=O)NC(CS(=O)(=O)O)C(=O)O. The maximum Gasteiger partial charge on any atom is 0.327 e. The third kappa shape index (κ3) is 5.03. The Balaban J connectivity index is 2.45. The Kier molecular flexibility index (Phi) is 6.33. The van der Waals surface area contributed by atoms with E-state index in [9.17, 15) is 18.0 Å². The number of unbranched alkanes of at least 4 members (excludes halogenated alkanes) is 1. The van der Waals surface area contributed by atoms with E-state index in [1.807, 2.05) is 31.2 Å². The predicted molar refractivity (Wildman–Crippen MR) is 97.9 cm³/mol. The third-order valence-electron chi connectivity index (χ3n) is 4.02. The van der Waals surface area contributed by atoms with Gasteiger partial charge in [0.25, 0.3) is 16.0 Å². The molecule has 140 valence electrons. The molecule has 0 aliphatic carbocycles. The summed E-state index contributed by atoms with van der Waals surface area (Å²) in [6.45, 7) is 2.02. The van der Waals surface area contributed by atoms with Gasteiger partial charge in [-0.05, 0) is 29.2 Å². The second kappa shape index (κ2) is 8.29. The Morgan fingerprint density at radius 3 is 2.46 bits per heavy atom. The van der Waals surface area contributed by atoms with Crippen molar-refractivity contribution >= 4 is 32.8 Å². The van der Waals surface area contributed by atoms with E-state index in [1.165, 1.54) is 0 Å². The van der Waals surface area contributed by atoms with E-state index in [0.717, 1.165) is 23.8 Å². The van der Waals surface area contributed by atoms with E-state index in [-0.39, 0.29) is 0 Å². The van der Waals surface area contributed by atoms with Crippen LogP contribution < -0.4 is 5.32 Å². The number of carboxylic acids is 1. The summed E-state index contributed by atoms with van der Waals surface area (Å²) < 4.78 is 31.0. The summed E-state index contributed by atoms with van der Waals surface area (Å²) in [4.78, 5) is 24.1. The molecule has 0 radical (unpaired) electrons. The summed E-state index contributed by atoms with van der Waals surface area (Å²) in [6, 6.07) is 9.18. The highest BCUT2D eigenvalue weighted by Crippen LogP contribution is 2.24. The van der Waals surface area contributed by atoms with Crippen LogP contribution in [-0.4, -0.2) is 41.7 Å². The zero-order valence-corrected chi connectivity index (χ0v) is 15.1. The number of rotatable bonds is 8. The summed E-state index contributed by atoms with van der Waals surface area (Å²) >= 11 is 0. The zero-order valence-electron chi connectivity index (χ0n) is 14.3. The monoisotopic (exact) mass is 379 g/mol. The number of hydrogen-bond donors (Lipinski definition) is 3. The molecule has 0 aliphatic rings. The lowest BCUT2D eigenvalue weighted by atomic mass is 9.95. The van der Waals surface area contributed by atoms with Gasteiger partial charge >= 0.3 is 5.97 Å². The fraction of sp³-hybridized carbons (Fsp3) is 0.333. The van der Waals surface area contributed by atoms with Gasteiger partial charge in [0.05, 0.1) is 5.56 Å². The second-order valence-corrected chi connectivity index (χ2v) is 7.53. The molecule has 0 fully saturated rings. The highest BCUT2D eigenvalue weighted by atomic mass is 32.2. The maximum atomic E-state index is 12.8. The quantitative estimate of drug-likeness (QED) is 0.605. The Morgan fingerprint density at radius 1 is 1.15 bits per heavy atom. The minimum Gasteiger partial charge on any atom is -0.480 e. The number of carbonyl (C=O) groups is 2. The van der Waals surface area contributed by atoms with Crippen molar-refractivity contribution in [3.8, 4) is 0 Å². The topological polar surface area (TPSA) is 121 Å². The predicted octanol–water partition coefficient (Wildman–Crippen LogP) is 2.25. The fourth-order valence-electron chi connectivity index (χ4n) is 2.78. The molecular weight excluding hydrogens is 358 g/mol. The van der Waals surface area contributed by atoms with E-state index in [4.69, 9.17) is 9.66 Å². The fourth-order valence-corrected chi connectivity index (χ4v) is 3.42. The molecule has 2 aromatic rings. The van der Waals surface area contributed by atoms with Crippen molar-refractivity contribution in [2.75, 3.05) is 5.75 Å². The van der Waals surface area contributed by atoms with Gasteiger partial charge in [-0.2, -0.15) is 8.42 Å². The lowest BCUT2D eigenvalue weighted by Gasteiger charge is -2.17. The van der Waals surface area contributed by atoms with Crippen LogP contribution in [0.1, 0.15) is 35.7 Å². The van der Waals surface area contributed by atoms with Gasteiger partial charge in [-0.1, -0.05) is 49.7 Å². The number of carboxylic acid groups (broad SMARTS) is 1. The summed E-state index contributed by atoms with van der Waals surface area (Å²) in [6.07, 6.45) is 2.42. The number of fused-ring (bicyclic) bond motifs is 1.